The summed E-state index contributed by atoms with van der Waals surface area (Å²) in [6.07, 6.45) is 1.17. The molecule has 1 unspecified atom stereocenters. The van der Waals surface area contributed by atoms with Crippen LogP contribution in [0.3, 0.4) is 0 Å². The second-order valence-corrected chi connectivity index (χ2v) is 3.59. The largest absolute Gasteiger partial charge is 0.361 e. The van der Waals surface area contributed by atoms with E-state index in [2.05, 4.69) is 5.32 Å². The van der Waals surface area contributed by atoms with E-state index in [1.54, 1.807) is 0 Å². The normalized spacial score (nSPS) is 22.1. The van der Waals surface area contributed by atoms with Crippen molar-refractivity contribution in [1.29, 1.82) is 0 Å². The molecule has 0 aliphatic carbocycles. The second-order valence-electron chi connectivity index (χ2n) is 3.18. The molecule has 1 fully saturated rings. The number of halogens is 1. The smallest absolute Gasteiger partial charge is 0.0970 e. The van der Waals surface area contributed by atoms with E-state index < -0.39 is 0 Å². The fourth-order valence-corrected chi connectivity index (χ4v) is 1.71. The lowest BCUT2D eigenvalue weighted by Gasteiger charge is -2.09. The van der Waals surface area contributed by atoms with Crippen LogP contribution in [0.1, 0.15) is 5.56 Å². The van der Waals surface area contributed by atoms with Gasteiger partial charge in [-0.25, -0.2) is 0 Å². The third-order valence-electron chi connectivity index (χ3n) is 2.20. The molecule has 0 saturated carbocycles. The van der Waals surface area contributed by atoms with E-state index in [-0.39, 0.29) is 6.10 Å². The summed E-state index contributed by atoms with van der Waals surface area (Å²) in [7, 11) is 0. The molecule has 1 aromatic rings. The molecule has 3 heteroatoms. The van der Waals surface area contributed by atoms with Crippen LogP contribution in [0.25, 0.3) is 0 Å². The van der Waals surface area contributed by atoms with Crippen LogP contribution in [0.2, 0.25) is 5.02 Å². The molecule has 1 atom stereocenters. The average Bonchev–Trinajstić information content (AvgIpc) is 2.61. The molecule has 2 rings (SSSR count). The summed E-state index contributed by atoms with van der Waals surface area (Å²) < 4.78 is 5.44. The van der Waals surface area contributed by atoms with Crippen LogP contribution in [0, 0.1) is 0 Å². The lowest BCUT2D eigenvalue weighted by Crippen LogP contribution is -2.16. The van der Waals surface area contributed by atoms with Gasteiger partial charge in [-0.15, -0.1) is 0 Å². The predicted molar refractivity (Wildman–Crippen MR) is 52.9 cm³/mol. The van der Waals surface area contributed by atoms with Crippen LogP contribution in [-0.4, -0.2) is 19.4 Å². The molecular weight excluding hydrogens is 186 g/mol. The molecule has 1 N–H and O–H groups in total. The average molecular weight is 198 g/mol. The van der Waals surface area contributed by atoms with Crippen LogP contribution in [0.15, 0.2) is 24.3 Å². The maximum atomic E-state index is 6.03. The van der Waals surface area contributed by atoms with Gasteiger partial charge in [-0.3, -0.25) is 5.32 Å². The molecule has 1 saturated heterocycles. The van der Waals surface area contributed by atoms with Crippen molar-refractivity contribution < 1.29 is 4.74 Å². The van der Waals surface area contributed by atoms with Crippen molar-refractivity contribution in [3.63, 3.8) is 0 Å². The highest BCUT2D eigenvalue weighted by atomic mass is 35.5. The van der Waals surface area contributed by atoms with E-state index in [0.29, 0.717) is 6.73 Å². The zero-order valence-electron chi connectivity index (χ0n) is 7.29. The second kappa shape index (κ2) is 4.09. The van der Waals surface area contributed by atoms with Crippen LogP contribution < -0.4 is 5.32 Å². The molecular formula is C10H12ClNO. The summed E-state index contributed by atoms with van der Waals surface area (Å²) in [5.41, 5.74) is 1.16. The molecule has 2 nitrogen and oxygen atoms in total. The third-order valence-corrected chi connectivity index (χ3v) is 2.57. The quantitative estimate of drug-likeness (QED) is 0.781. The first kappa shape index (κ1) is 9.00. The van der Waals surface area contributed by atoms with Crippen molar-refractivity contribution in [1.82, 2.24) is 5.32 Å². The SMILES string of the molecule is Clc1ccccc1CC1CNCO1. The van der Waals surface area contributed by atoms with E-state index in [4.69, 9.17) is 16.3 Å². The number of hydrogen-bond acceptors (Lipinski definition) is 2. The topological polar surface area (TPSA) is 21.3 Å². The van der Waals surface area contributed by atoms with Crippen molar-refractivity contribution in [2.45, 2.75) is 12.5 Å². The molecule has 0 radical (unpaired) electrons. The monoisotopic (exact) mass is 197 g/mol. The van der Waals surface area contributed by atoms with Crippen LogP contribution in [0.5, 0.6) is 0 Å². The van der Waals surface area contributed by atoms with E-state index in [1.165, 1.54) is 0 Å². The Bertz CT molecular complexity index is 284. The summed E-state index contributed by atoms with van der Waals surface area (Å²) >= 11 is 6.03. The van der Waals surface area contributed by atoms with E-state index in [9.17, 15) is 0 Å². The van der Waals surface area contributed by atoms with Crippen molar-refractivity contribution >= 4 is 11.6 Å². The Labute approximate surface area is 82.9 Å². The zero-order valence-corrected chi connectivity index (χ0v) is 8.05. The Morgan fingerprint density at radius 2 is 2.31 bits per heavy atom. The molecule has 1 aliphatic heterocycles. The fraction of sp³-hybridized carbons (Fsp3) is 0.400. The van der Waals surface area contributed by atoms with Crippen molar-refractivity contribution in [2.24, 2.45) is 0 Å². The van der Waals surface area contributed by atoms with Gasteiger partial charge in [0.25, 0.3) is 0 Å². The van der Waals surface area contributed by atoms with Crippen molar-refractivity contribution in [3.8, 4) is 0 Å². The van der Waals surface area contributed by atoms with Gasteiger partial charge in [0, 0.05) is 18.0 Å². The first-order valence-corrected chi connectivity index (χ1v) is 4.80. The minimum absolute atomic E-state index is 0.278. The van der Waals surface area contributed by atoms with Gasteiger partial charge in [0.1, 0.15) is 0 Å². The molecule has 1 aromatic carbocycles. The highest BCUT2D eigenvalue weighted by Crippen LogP contribution is 2.18. The fourth-order valence-electron chi connectivity index (χ4n) is 1.50. The Balaban J connectivity index is 2.04. The van der Waals surface area contributed by atoms with Crippen LogP contribution in [0.4, 0.5) is 0 Å². The van der Waals surface area contributed by atoms with Gasteiger partial charge in [-0.1, -0.05) is 29.8 Å². The molecule has 0 bridgehead atoms. The summed E-state index contributed by atoms with van der Waals surface area (Å²) in [6.45, 7) is 1.58. The Morgan fingerprint density at radius 1 is 1.46 bits per heavy atom. The number of ether oxygens (including phenoxy) is 1. The van der Waals surface area contributed by atoms with E-state index in [0.717, 1.165) is 23.6 Å². The van der Waals surface area contributed by atoms with Crippen LogP contribution >= 0.6 is 11.6 Å². The number of benzene rings is 1. The number of rotatable bonds is 2. The van der Waals surface area contributed by atoms with Gasteiger partial charge < -0.3 is 4.74 Å². The summed E-state index contributed by atoms with van der Waals surface area (Å²) in [4.78, 5) is 0. The Hall–Kier alpha value is -0.570. The zero-order chi connectivity index (χ0) is 9.10. The summed E-state index contributed by atoms with van der Waals surface area (Å²) in [5, 5.41) is 3.98. The number of nitrogens with one attached hydrogen (secondary N) is 1. The van der Waals surface area contributed by atoms with Gasteiger partial charge in [0.2, 0.25) is 0 Å². The Morgan fingerprint density at radius 3 is 3.00 bits per heavy atom. The van der Waals surface area contributed by atoms with Crippen molar-refractivity contribution in [2.75, 3.05) is 13.3 Å². The maximum absolute atomic E-state index is 6.03. The lowest BCUT2D eigenvalue weighted by atomic mass is 10.1. The molecule has 0 amide bonds. The van der Waals surface area contributed by atoms with Gasteiger partial charge in [0.05, 0.1) is 12.8 Å². The molecule has 0 spiro atoms. The Kier molecular flexibility index (Phi) is 2.83. The molecule has 1 heterocycles. The molecule has 13 heavy (non-hydrogen) atoms. The van der Waals surface area contributed by atoms with Gasteiger partial charge in [-0.2, -0.15) is 0 Å². The molecule has 1 aliphatic rings. The highest BCUT2D eigenvalue weighted by Gasteiger charge is 2.16. The molecule has 0 aromatic heterocycles. The summed E-state index contributed by atoms with van der Waals surface area (Å²) in [6, 6.07) is 7.91. The van der Waals surface area contributed by atoms with Gasteiger partial charge >= 0.3 is 0 Å². The highest BCUT2D eigenvalue weighted by molar-refractivity contribution is 6.31. The first-order valence-electron chi connectivity index (χ1n) is 4.42. The third kappa shape index (κ3) is 2.21. The minimum Gasteiger partial charge on any atom is -0.361 e. The van der Waals surface area contributed by atoms with E-state index in [1.807, 2.05) is 24.3 Å². The molecule has 70 valence electrons. The standard InChI is InChI=1S/C10H12ClNO/c11-10-4-2-1-3-8(10)5-9-6-12-7-13-9/h1-4,9,12H,5-7H2. The van der Waals surface area contributed by atoms with Gasteiger partial charge in [-0.05, 0) is 11.6 Å². The predicted octanol–water partition coefficient (Wildman–Crippen LogP) is 1.83. The minimum atomic E-state index is 0.278. The maximum Gasteiger partial charge on any atom is 0.0970 e. The van der Waals surface area contributed by atoms with Gasteiger partial charge in [0.15, 0.2) is 0 Å². The lowest BCUT2D eigenvalue weighted by molar-refractivity contribution is 0.114. The summed E-state index contributed by atoms with van der Waals surface area (Å²) in [5.74, 6) is 0. The van der Waals surface area contributed by atoms with Crippen molar-refractivity contribution in [3.05, 3.63) is 34.9 Å². The van der Waals surface area contributed by atoms with E-state index >= 15 is 0 Å². The van der Waals surface area contributed by atoms with Crippen LogP contribution in [-0.2, 0) is 11.2 Å². The number of hydrogen-bond donors (Lipinski definition) is 1. The first-order chi connectivity index (χ1) is 6.36.